The lowest BCUT2D eigenvalue weighted by molar-refractivity contribution is 0.171. The van der Waals surface area contributed by atoms with Gasteiger partial charge in [-0.2, -0.15) is 0 Å². The Hall–Kier alpha value is -0.340. The van der Waals surface area contributed by atoms with E-state index >= 15 is 0 Å². The van der Waals surface area contributed by atoms with Gasteiger partial charge in [-0.1, -0.05) is 6.58 Å². The van der Waals surface area contributed by atoms with Gasteiger partial charge in [0.05, 0.1) is 0 Å². The van der Waals surface area contributed by atoms with Crippen LogP contribution in [0.4, 0.5) is 0 Å². The van der Waals surface area contributed by atoms with Crippen LogP contribution in [-0.2, 0) is 0 Å². The number of likely N-dealkylation sites (tertiary alicyclic amines) is 1. The highest BCUT2D eigenvalue weighted by atomic mass is 15.2. The van der Waals surface area contributed by atoms with E-state index in [4.69, 9.17) is 0 Å². The van der Waals surface area contributed by atoms with E-state index in [0.29, 0.717) is 0 Å². The van der Waals surface area contributed by atoms with Crippen molar-refractivity contribution in [1.82, 2.24) is 10.2 Å². The maximum absolute atomic E-state index is 3.99. The summed E-state index contributed by atoms with van der Waals surface area (Å²) in [6, 6.07) is 1.70. The second kappa shape index (κ2) is 3.35. The molecule has 3 saturated heterocycles. The fourth-order valence-corrected chi connectivity index (χ4v) is 3.40. The molecule has 0 aromatic heterocycles. The molecule has 2 unspecified atom stereocenters. The van der Waals surface area contributed by atoms with E-state index in [2.05, 4.69) is 16.8 Å². The summed E-state index contributed by atoms with van der Waals surface area (Å²) in [4.78, 5) is 2.55. The minimum absolute atomic E-state index is 0.850. The molecule has 2 atom stereocenters. The van der Waals surface area contributed by atoms with Crippen LogP contribution < -0.4 is 5.32 Å². The molecule has 14 heavy (non-hydrogen) atoms. The summed E-state index contributed by atoms with van der Waals surface area (Å²) >= 11 is 0. The van der Waals surface area contributed by atoms with Crippen LogP contribution >= 0.6 is 0 Å². The number of nitrogens with zero attached hydrogens (tertiary/aromatic N) is 1. The second-order valence-corrected chi connectivity index (χ2v) is 5.39. The molecule has 3 heterocycles. The van der Waals surface area contributed by atoms with Crippen LogP contribution in [0.1, 0.15) is 25.7 Å². The summed E-state index contributed by atoms with van der Waals surface area (Å²) in [7, 11) is 0. The molecule has 3 fully saturated rings. The first-order chi connectivity index (χ1) is 6.79. The third kappa shape index (κ3) is 1.61. The molecule has 0 aromatic carbocycles. The standard InChI is InChI=1S/C12H20N2/c1-9-6-14(7-9)8-10-4-11-2-3-12(5-10)13-11/h10-13H,1-8H2. The third-order valence-electron chi connectivity index (χ3n) is 3.98. The van der Waals surface area contributed by atoms with E-state index in [1.807, 2.05) is 0 Å². The molecule has 0 spiro atoms. The molecule has 3 aliphatic heterocycles. The van der Waals surface area contributed by atoms with Gasteiger partial charge in [-0.25, -0.2) is 0 Å². The van der Waals surface area contributed by atoms with Gasteiger partial charge < -0.3 is 5.32 Å². The van der Waals surface area contributed by atoms with E-state index in [0.717, 1.165) is 18.0 Å². The molecule has 2 bridgehead atoms. The average Bonchev–Trinajstić information content (AvgIpc) is 2.43. The first-order valence-electron chi connectivity index (χ1n) is 5.94. The molecule has 78 valence electrons. The topological polar surface area (TPSA) is 15.3 Å². The minimum Gasteiger partial charge on any atom is -0.311 e. The van der Waals surface area contributed by atoms with Gasteiger partial charge in [-0.15, -0.1) is 0 Å². The number of hydrogen-bond acceptors (Lipinski definition) is 2. The first kappa shape index (κ1) is 8.93. The van der Waals surface area contributed by atoms with Crippen LogP contribution in [0.15, 0.2) is 12.2 Å². The highest BCUT2D eigenvalue weighted by Gasteiger charge is 2.34. The SMILES string of the molecule is C=C1CN(CC2CC3CCC(C2)N3)C1. The Bertz CT molecular complexity index is 229. The fourth-order valence-electron chi connectivity index (χ4n) is 3.40. The van der Waals surface area contributed by atoms with E-state index in [1.165, 1.54) is 50.9 Å². The molecule has 0 saturated carbocycles. The van der Waals surface area contributed by atoms with E-state index in [9.17, 15) is 0 Å². The second-order valence-electron chi connectivity index (χ2n) is 5.39. The highest BCUT2D eigenvalue weighted by Crippen LogP contribution is 2.32. The summed E-state index contributed by atoms with van der Waals surface area (Å²) in [5.41, 5.74) is 1.42. The van der Waals surface area contributed by atoms with E-state index < -0.39 is 0 Å². The lowest BCUT2D eigenvalue weighted by Crippen LogP contribution is -2.46. The Labute approximate surface area is 86.4 Å². The van der Waals surface area contributed by atoms with Crippen molar-refractivity contribution < 1.29 is 0 Å². The third-order valence-corrected chi connectivity index (χ3v) is 3.98. The number of rotatable bonds is 2. The molecule has 3 rings (SSSR count). The van der Waals surface area contributed by atoms with Crippen molar-refractivity contribution >= 4 is 0 Å². The van der Waals surface area contributed by atoms with E-state index in [1.54, 1.807) is 0 Å². The molecule has 3 aliphatic rings. The quantitative estimate of drug-likeness (QED) is 0.665. The Morgan fingerprint density at radius 1 is 1.21 bits per heavy atom. The smallest absolute Gasteiger partial charge is 0.0206 e. The maximum atomic E-state index is 3.99. The predicted octanol–water partition coefficient (Wildman–Crippen LogP) is 1.39. The van der Waals surface area contributed by atoms with Gasteiger partial charge in [-0.3, -0.25) is 4.90 Å². The summed E-state index contributed by atoms with van der Waals surface area (Å²) in [5.74, 6) is 0.960. The van der Waals surface area contributed by atoms with Gasteiger partial charge in [0, 0.05) is 31.7 Å². The van der Waals surface area contributed by atoms with Gasteiger partial charge in [0.1, 0.15) is 0 Å². The molecule has 2 nitrogen and oxygen atoms in total. The van der Waals surface area contributed by atoms with Crippen LogP contribution in [0, 0.1) is 5.92 Å². The van der Waals surface area contributed by atoms with Gasteiger partial charge in [-0.05, 0) is 37.2 Å². The monoisotopic (exact) mass is 192 g/mol. The van der Waals surface area contributed by atoms with Crippen molar-refractivity contribution in [3.63, 3.8) is 0 Å². The Balaban J connectivity index is 1.51. The zero-order valence-corrected chi connectivity index (χ0v) is 8.84. The van der Waals surface area contributed by atoms with Gasteiger partial charge in [0.25, 0.3) is 0 Å². The number of fused-ring (bicyclic) bond motifs is 2. The van der Waals surface area contributed by atoms with Crippen molar-refractivity contribution in [1.29, 1.82) is 0 Å². The average molecular weight is 192 g/mol. The zero-order valence-electron chi connectivity index (χ0n) is 8.84. The first-order valence-corrected chi connectivity index (χ1v) is 5.94. The van der Waals surface area contributed by atoms with Gasteiger partial charge in [0.2, 0.25) is 0 Å². The minimum atomic E-state index is 0.850. The number of nitrogens with one attached hydrogen (secondary N) is 1. The molecular weight excluding hydrogens is 172 g/mol. The largest absolute Gasteiger partial charge is 0.311 e. The summed E-state index contributed by atoms with van der Waals surface area (Å²) in [6.45, 7) is 7.65. The molecule has 0 amide bonds. The molecule has 2 heteroatoms. The molecule has 0 aliphatic carbocycles. The Kier molecular flexibility index (Phi) is 2.14. The van der Waals surface area contributed by atoms with Crippen LogP contribution in [-0.4, -0.2) is 36.6 Å². The van der Waals surface area contributed by atoms with E-state index in [-0.39, 0.29) is 0 Å². The van der Waals surface area contributed by atoms with Gasteiger partial charge in [0.15, 0.2) is 0 Å². The molecule has 0 aromatic rings. The van der Waals surface area contributed by atoms with Crippen molar-refractivity contribution in [2.45, 2.75) is 37.8 Å². The lowest BCUT2D eigenvalue weighted by atomic mass is 9.91. The van der Waals surface area contributed by atoms with Crippen LogP contribution in [0.25, 0.3) is 0 Å². The molecular formula is C12H20N2. The molecule has 1 N–H and O–H groups in total. The van der Waals surface area contributed by atoms with Crippen molar-refractivity contribution in [3.8, 4) is 0 Å². The predicted molar refractivity (Wildman–Crippen MR) is 58.2 cm³/mol. The van der Waals surface area contributed by atoms with Crippen molar-refractivity contribution in [2.24, 2.45) is 5.92 Å². The fraction of sp³-hybridized carbons (Fsp3) is 0.833. The van der Waals surface area contributed by atoms with Crippen LogP contribution in [0.5, 0.6) is 0 Å². The number of hydrogen-bond donors (Lipinski definition) is 1. The highest BCUT2D eigenvalue weighted by molar-refractivity contribution is 5.10. The Morgan fingerprint density at radius 3 is 2.43 bits per heavy atom. The van der Waals surface area contributed by atoms with Crippen LogP contribution in [0.3, 0.4) is 0 Å². The van der Waals surface area contributed by atoms with Gasteiger partial charge >= 0.3 is 0 Å². The summed E-state index contributed by atoms with van der Waals surface area (Å²) < 4.78 is 0. The van der Waals surface area contributed by atoms with Crippen molar-refractivity contribution in [3.05, 3.63) is 12.2 Å². The van der Waals surface area contributed by atoms with Crippen LogP contribution in [0.2, 0.25) is 0 Å². The molecule has 0 radical (unpaired) electrons. The number of piperidine rings is 1. The summed E-state index contributed by atoms with van der Waals surface area (Å²) in [6.07, 6.45) is 5.68. The summed E-state index contributed by atoms with van der Waals surface area (Å²) in [5, 5.41) is 3.70. The maximum Gasteiger partial charge on any atom is 0.0206 e. The zero-order chi connectivity index (χ0) is 9.54. The normalized spacial score (nSPS) is 42.6. The lowest BCUT2D eigenvalue weighted by Gasteiger charge is -2.38. The Morgan fingerprint density at radius 2 is 1.86 bits per heavy atom. The van der Waals surface area contributed by atoms with Crippen molar-refractivity contribution in [2.75, 3.05) is 19.6 Å².